The van der Waals surface area contributed by atoms with Crippen molar-refractivity contribution in [3.05, 3.63) is 71.8 Å². The molecule has 0 atom stereocenters. The highest BCUT2D eigenvalue weighted by atomic mass is 28.4. The van der Waals surface area contributed by atoms with E-state index in [1.165, 1.54) is 11.1 Å². The van der Waals surface area contributed by atoms with Gasteiger partial charge in [0.1, 0.15) is 0 Å². The molecule has 0 bridgehead atoms. The minimum absolute atomic E-state index is 0.465. The van der Waals surface area contributed by atoms with Gasteiger partial charge < -0.3 is 0 Å². The van der Waals surface area contributed by atoms with E-state index >= 15 is 0 Å². The molecule has 0 radical (unpaired) electrons. The van der Waals surface area contributed by atoms with Crippen LogP contribution >= 0.6 is 0 Å². The molecule has 126 valence electrons. The maximum Gasteiger partial charge on any atom is 0.0704 e. The van der Waals surface area contributed by atoms with Crippen molar-refractivity contribution in [1.29, 1.82) is 0 Å². The highest BCUT2D eigenvalue weighted by molar-refractivity contribution is 6.96. The van der Waals surface area contributed by atoms with Gasteiger partial charge in [0.25, 0.3) is 0 Å². The van der Waals surface area contributed by atoms with E-state index in [2.05, 4.69) is 106 Å². The lowest BCUT2D eigenvalue weighted by Gasteiger charge is -2.34. The smallest absolute Gasteiger partial charge is 0.0704 e. The van der Waals surface area contributed by atoms with E-state index in [1.807, 2.05) is 0 Å². The molecule has 0 saturated heterocycles. The van der Waals surface area contributed by atoms with Gasteiger partial charge in [-0.25, -0.2) is 4.99 Å². The average Bonchev–Trinajstić information content (AvgIpc) is 2.51. The zero-order valence-corrected chi connectivity index (χ0v) is 17.8. The summed E-state index contributed by atoms with van der Waals surface area (Å²) in [5, 5.41) is 0.465. The predicted molar refractivity (Wildman–Crippen MR) is 113 cm³/mol. The topological polar surface area (TPSA) is 12.4 Å². The van der Waals surface area contributed by atoms with Crippen LogP contribution in [0.15, 0.2) is 65.7 Å². The normalized spacial score (nSPS) is 12.0. The predicted octanol–water partition coefficient (Wildman–Crippen LogP) is 5.91. The van der Waals surface area contributed by atoms with Crippen molar-refractivity contribution in [3.63, 3.8) is 0 Å². The molecule has 3 heteroatoms. The summed E-state index contributed by atoms with van der Waals surface area (Å²) in [5.41, 5.74) is 3.45. The van der Waals surface area contributed by atoms with Crippen LogP contribution in [0, 0.1) is 0 Å². The minimum Gasteiger partial charge on any atom is -0.246 e. The lowest BCUT2D eigenvalue weighted by atomic mass is 10.00. The van der Waals surface area contributed by atoms with Gasteiger partial charge in [-0.2, -0.15) is 0 Å². The summed E-state index contributed by atoms with van der Waals surface area (Å²) >= 11 is 0. The van der Waals surface area contributed by atoms with Crippen molar-refractivity contribution in [2.45, 2.75) is 44.6 Å². The van der Waals surface area contributed by atoms with Crippen molar-refractivity contribution in [3.8, 4) is 0 Å². The van der Waals surface area contributed by atoms with Crippen molar-refractivity contribution in [1.82, 2.24) is 0 Å². The third-order valence-corrected chi connectivity index (χ3v) is 12.8. The molecule has 0 aromatic heterocycles. The highest BCUT2D eigenvalue weighted by Crippen LogP contribution is 2.24. The molecule has 0 unspecified atom stereocenters. The van der Waals surface area contributed by atoms with Gasteiger partial charge in [0.2, 0.25) is 0 Å². The molecule has 0 heterocycles. The van der Waals surface area contributed by atoms with E-state index in [1.54, 1.807) is 0 Å². The highest BCUT2D eigenvalue weighted by Gasteiger charge is 2.37. The van der Waals surface area contributed by atoms with Crippen LogP contribution in [-0.4, -0.2) is 27.3 Å². The monoisotopic (exact) mass is 351 g/mol. The Morgan fingerprint density at radius 1 is 0.708 bits per heavy atom. The second-order valence-corrected chi connectivity index (χ2v) is 19.6. The van der Waals surface area contributed by atoms with E-state index in [4.69, 9.17) is 4.99 Å². The molecule has 2 rings (SSSR count). The van der Waals surface area contributed by atoms with E-state index in [-0.39, 0.29) is 0 Å². The van der Waals surface area contributed by atoms with Crippen LogP contribution in [0.5, 0.6) is 0 Å². The average molecular weight is 352 g/mol. The largest absolute Gasteiger partial charge is 0.246 e. The Morgan fingerprint density at radius 3 is 1.42 bits per heavy atom. The van der Waals surface area contributed by atoms with Crippen LogP contribution in [0.3, 0.4) is 0 Å². The number of nitrogens with zero attached hydrogens (tertiary/aromatic N) is 1. The molecule has 0 amide bonds. The van der Waals surface area contributed by atoms with Crippen LogP contribution in [0.25, 0.3) is 5.57 Å². The van der Waals surface area contributed by atoms with Crippen LogP contribution in [0.2, 0.25) is 39.3 Å². The van der Waals surface area contributed by atoms with E-state index in [9.17, 15) is 0 Å². The molecule has 0 spiro atoms. The fourth-order valence-corrected chi connectivity index (χ4v) is 14.6. The molecule has 0 aliphatic rings. The first kappa shape index (κ1) is 18.7. The van der Waals surface area contributed by atoms with Crippen LogP contribution < -0.4 is 0 Å². The van der Waals surface area contributed by atoms with Gasteiger partial charge in [-0.3, -0.25) is 0 Å². The molecule has 0 aliphatic carbocycles. The van der Waals surface area contributed by atoms with Crippen LogP contribution in [-0.2, 0) is 0 Å². The van der Waals surface area contributed by atoms with E-state index in [0.29, 0.717) is 5.29 Å². The molecule has 0 N–H and O–H groups in total. The van der Waals surface area contributed by atoms with Gasteiger partial charge in [0.05, 0.1) is 21.7 Å². The Labute approximate surface area is 149 Å². The quantitative estimate of drug-likeness (QED) is 0.469. The molecule has 24 heavy (non-hydrogen) atoms. The maximum absolute atomic E-state index is 5.06. The summed E-state index contributed by atoms with van der Waals surface area (Å²) in [6.45, 7) is 14.5. The molecule has 1 nitrogen and oxygen atoms in total. The summed E-state index contributed by atoms with van der Waals surface area (Å²) in [6.07, 6.45) is 0. The van der Waals surface area contributed by atoms with Gasteiger partial charge in [0, 0.05) is 5.29 Å². The summed E-state index contributed by atoms with van der Waals surface area (Å²) < 4.78 is 0. The third-order valence-electron chi connectivity index (χ3n) is 4.07. The molecule has 0 fully saturated rings. The van der Waals surface area contributed by atoms with Crippen LogP contribution in [0.4, 0.5) is 0 Å². The number of rotatable bonds is 5. The number of aliphatic imine (C=N–C) groups is 1. The fourth-order valence-electron chi connectivity index (χ4n) is 3.32. The van der Waals surface area contributed by atoms with Crippen molar-refractivity contribution < 1.29 is 0 Å². The van der Waals surface area contributed by atoms with Crippen LogP contribution in [0.1, 0.15) is 11.1 Å². The molecule has 0 aliphatic heterocycles. The van der Waals surface area contributed by atoms with Gasteiger partial charge in [-0.15, -0.1) is 0 Å². The summed E-state index contributed by atoms with van der Waals surface area (Å²) in [6, 6.07) is 21.0. The Kier molecular flexibility index (Phi) is 5.81. The summed E-state index contributed by atoms with van der Waals surface area (Å²) in [5.74, 6) is 3.48. The second-order valence-electron chi connectivity index (χ2n) is 8.48. The Morgan fingerprint density at radius 2 is 1.08 bits per heavy atom. The third kappa shape index (κ3) is 4.91. The SMILES string of the molecule is C[Si](C)(C)C(N=C=C(c1ccccc1)c1ccccc1)[Si](C)(C)C. The molecule has 2 aromatic rings. The first-order valence-electron chi connectivity index (χ1n) is 8.63. The van der Waals surface area contributed by atoms with Crippen molar-refractivity contribution in [2.75, 3.05) is 0 Å². The summed E-state index contributed by atoms with van der Waals surface area (Å²) in [4.78, 5) is 5.06. The second kappa shape index (κ2) is 7.48. The maximum atomic E-state index is 5.06. The molecular weight excluding hydrogens is 322 g/mol. The van der Waals surface area contributed by atoms with E-state index in [0.717, 1.165) is 5.57 Å². The van der Waals surface area contributed by atoms with Gasteiger partial charge in [-0.05, 0) is 17.0 Å². The van der Waals surface area contributed by atoms with Crippen molar-refractivity contribution in [2.24, 2.45) is 4.99 Å². The first-order chi connectivity index (χ1) is 11.2. The number of hydrogen-bond acceptors (Lipinski definition) is 1. The Hall–Kier alpha value is -1.68. The standard InChI is InChI=1S/C21H29NSi2/c1-23(2,3)21(24(4,5)6)22-17-20(18-13-9-7-10-14-18)19-15-11-8-12-16-19/h7-16,21H,1-6H3. The lowest BCUT2D eigenvalue weighted by Crippen LogP contribution is -2.52. The Balaban J connectivity index is 2.60. The number of hydrogen-bond donors (Lipinski definition) is 0. The van der Waals surface area contributed by atoms with E-state index < -0.39 is 16.1 Å². The molecule has 0 saturated carbocycles. The lowest BCUT2D eigenvalue weighted by molar-refractivity contribution is 1.13. The molecule has 2 aromatic carbocycles. The van der Waals surface area contributed by atoms with Crippen molar-refractivity contribution >= 4 is 27.6 Å². The molecular formula is C21H29NSi2. The van der Waals surface area contributed by atoms with Gasteiger partial charge in [-0.1, -0.05) is 99.9 Å². The fraction of sp³-hybridized carbons (Fsp3) is 0.333. The zero-order valence-electron chi connectivity index (χ0n) is 15.8. The minimum atomic E-state index is -1.37. The van der Waals surface area contributed by atoms with Gasteiger partial charge >= 0.3 is 0 Å². The first-order valence-corrected chi connectivity index (χ1v) is 15.8. The number of benzene rings is 2. The Bertz CT molecular complexity index is 660. The zero-order chi connectivity index (χ0) is 17.8. The van der Waals surface area contributed by atoms with Gasteiger partial charge in [0.15, 0.2) is 0 Å². The summed E-state index contributed by atoms with van der Waals surface area (Å²) in [7, 11) is -2.74.